The zero-order chi connectivity index (χ0) is 27.4. The quantitative estimate of drug-likeness (QED) is 0.239. The number of hydrogen-bond acceptors (Lipinski definition) is 4. The van der Waals surface area contributed by atoms with Gasteiger partial charge in [0, 0.05) is 34.5 Å². The first-order valence-electron chi connectivity index (χ1n) is 12.5. The second-order valence-electron chi connectivity index (χ2n) is 8.97. The lowest BCUT2D eigenvalue weighted by atomic mass is 9.99. The fourth-order valence-electron chi connectivity index (χ4n) is 4.53. The smallest absolute Gasteiger partial charge is 0.261 e. The molecule has 6 nitrogen and oxygen atoms in total. The van der Waals surface area contributed by atoms with Gasteiger partial charge in [-0.25, -0.2) is 0 Å². The van der Waals surface area contributed by atoms with Crippen LogP contribution in [-0.2, 0) is 19.9 Å². The summed E-state index contributed by atoms with van der Waals surface area (Å²) in [6, 6.07) is 20.5. The number of carbonyl (C=O) groups is 1. The normalized spacial score (nSPS) is 10.8. The van der Waals surface area contributed by atoms with Crippen molar-refractivity contribution in [3.8, 4) is 28.5 Å². The average Bonchev–Trinajstić information content (AvgIpc) is 2.91. The molecule has 196 valence electrons. The molecule has 0 aliphatic heterocycles. The lowest BCUT2D eigenvalue weighted by molar-refractivity contribution is 0.102. The zero-order valence-corrected chi connectivity index (χ0v) is 23.8. The highest BCUT2D eigenvalue weighted by Crippen LogP contribution is 2.36. The van der Waals surface area contributed by atoms with E-state index in [1.807, 2.05) is 93.0 Å². The van der Waals surface area contributed by atoms with Crippen LogP contribution in [0.2, 0.25) is 0 Å². The van der Waals surface area contributed by atoms with Crippen molar-refractivity contribution in [1.29, 1.82) is 0 Å². The lowest BCUT2D eigenvalue weighted by Gasteiger charge is -2.21. The third-order valence-electron chi connectivity index (χ3n) is 6.59. The molecule has 0 saturated carbocycles. The Labute approximate surface area is 231 Å². The minimum Gasteiger partial charge on any atom is -0.496 e. The second-order valence-corrected chi connectivity index (χ2v) is 9.89. The van der Waals surface area contributed by atoms with E-state index < -0.39 is 5.91 Å². The SMILES string of the molecule is CCc1cc(Oc2ccccc2)cc(CC)c1NC(=O)c1c(-c2cc(Br)ccc2OC)n(C)c(C)cc1=O. The number of pyridine rings is 1. The fraction of sp³-hybridized carbons (Fsp3) is 0.226. The van der Waals surface area contributed by atoms with Crippen LogP contribution < -0.4 is 20.2 Å². The van der Waals surface area contributed by atoms with Crippen LogP contribution in [0.1, 0.15) is 41.0 Å². The molecule has 1 amide bonds. The number of aryl methyl sites for hydroxylation is 3. The highest BCUT2D eigenvalue weighted by molar-refractivity contribution is 9.10. The lowest BCUT2D eigenvalue weighted by Crippen LogP contribution is -2.26. The number of carbonyl (C=O) groups excluding carboxylic acids is 1. The molecule has 1 aromatic heterocycles. The van der Waals surface area contributed by atoms with Crippen LogP contribution in [0.4, 0.5) is 5.69 Å². The monoisotopic (exact) mass is 574 g/mol. The summed E-state index contributed by atoms with van der Waals surface area (Å²) in [6.45, 7) is 5.89. The summed E-state index contributed by atoms with van der Waals surface area (Å²) < 4.78 is 14.3. The molecule has 0 spiro atoms. The third-order valence-corrected chi connectivity index (χ3v) is 7.08. The van der Waals surface area contributed by atoms with Gasteiger partial charge in [0.25, 0.3) is 5.91 Å². The largest absolute Gasteiger partial charge is 0.496 e. The molecule has 0 bridgehead atoms. The molecule has 4 rings (SSSR count). The van der Waals surface area contributed by atoms with Gasteiger partial charge in [0.05, 0.1) is 12.8 Å². The summed E-state index contributed by atoms with van der Waals surface area (Å²) in [7, 11) is 3.41. The number of halogens is 1. The van der Waals surface area contributed by atoms with Crippen molar-refractivity contribution in [2.75, 3.05) is 12.4 Å². The maximum atomic E-state index is 13.9. The number of ether oxygens (including phenoxy) is 2. The number of hydrogen-bond donors (Lipinski definition) is 1. The van der Waals surface area contributed by atoms with E-state index in [0.29, 0.717) is 41.3 Å². The third kappa shape index (κ3) is 5.53. The van der Waals surface area contributed by atoms with E-state index in [1.54, 1.807) is 7.11 Å². The molecule has 0 atom stereocenters. The highest BCUT2D eigenvalue weighted by Gasteiger charge is 2.24. The highest BCUT2D eigenvalue weighted by atomic mass is 79.9. The van der Waals surface area contributed by atoms with Gasteiger partial charge in [-0.1, -0.05) is 48.0 Å². The second kappa shape index (κ2) is 11.7. The first-order chi connectivity index (χ1) is 18.3. The summed E-state index contributed by atoms with van der Waals surface area (Å²) in [4.78, 5) is 27.2. The van der Waals surface area contributed by atoms with Crippen LogP contribution in [0, 0.1) is 6.92 Å². The number of anilines is 1. The molecule has 0 radical (unpaired) electrons. The van der Waals surface area contributed by atoms with Crippen molar-refractivity contribution < 1.29 is 14.3 Å². The van der Waals surface area contributed by atoms with E-state index in [1.165, 1.54) is 6.07 Å². The Hall–Kier alpha value is -3.84. The summed E-state index contributed by atoms with van der Waals surface area (Å²) in [5.74, 6) is 1.54. The van der Waals surface area contributed by atoms with Crippen LogP contribution in [0.25, 0.3) is 11.3 Å². The predicted molar refractivity (Wildman–Crippen MR) is 156 cm³/mol. The minimum absolute atomic E-state index is 0.0585. The Morgan fingerprint density at radius 3 is 2.21 bits per heavy atom. The van der Waals surface area contributed by atoms with Gasteiger partial charge in [0.1, 0.15) is 22.8 Å². The number of nitrogens with zero attached hydrogens (tertiary/aromatic N) is 1. The van der Waals surface area contributed by atoms with Gasteiger partial charge in [-0.2, -0.15) is 0 Å². The van der Waals surface area contributed by atoms with Gasteiger partial charge in [0.15, 0.2) is 5.43 Å². The molecule has 1 N–H and O–H groups in total. The van der Waals surface area contributed by atoms with E-state index in [2.05, 4.69) is 21.2 Å². The maximum Gasteiger partial charge on any atom is 0.261 e. The molecule has 4 aromatic rings. The van der Waals surface area contributed by atoms with Crippen molar-refractivity contribution >= 4 is 27.5 Å². The number of nitrogens with one attached hydrogen (secondary N) is 1. The summed E-state index contributed by atoms with van der Waals surface area (Å²) in [5, 5.41) is 3.08. The Bertz CT molecular complexity index is 1520. The standard InChI is InChI=1S/C31H31BrN2O4/c1-6-20-16-24(38-23-11-9-8-10-12-23)17-21(7-2)29(20)33-31(36)28-26(35)15-19(3)34(4)30(28)25-18-22(32)13-14-27(25)37-5/h8-18H,6-7H2,1-5H3,(H,33,36). The van der Waals surface area contributed by atoms with Gasteiger partial charge in [-0.3, -0.25) is 9.59 Å². The number of rotatable bonds is 8. The Balaban J connectivity index is 1.82. The van der Waals surface area contributed by atoms with Crippen molar-refractivity contribution in [2.24, 2.45) is 7.05 Å². The molecule has 0 aliphatic rings. The van der Waals surface area contributed by atoms with E-state index >= 15 is 0 Å². The van der Waals surface area contributed by atoms with E-state index in [4.69, 9.17) is 9.47 Å². The van der Waals surface area contributed by atoms with Crippen molar-refractivity contribution in [2.45, 2.75) is 33.6 Å². The number of methoxy groups -OCH3 is 1. The number of amides is 1. The van der Waals surface area contributed by atoms with Crippen LogP contribution in [0.3, 0.4) is 0 Å². The van der Waals surface area contributed by atoms with E-state index in [0.717, 1.165) is 27.0 Å². The average molecular weight is 576 g/mol. The molecule has 0 aliphatic carbocycles. The van der Waals surface area contributed by atoms with E-state index in [-0.39, 0.29) is 11.0 Å². The molecule has 1 heterocycles. The molecule has 0 saturated heterocycles. The van der Waals surface area contributed by atoms with Crippen molar-refractivity contribution in [3.63, 3.8) is 0 Å². The summed E-state index contributed by atoms with van der Waals surface area (Å²) in [5.41, 5.74) is 4.13. The first kappa shape index (κ1) is 27.2. The van der Waals surface area contributed by atoms with Gasteiger partial charge in [0.2, 0.25) is 0 Å². The molecule has 3 aromatic carbocycles. The number of benzene rings is 3. The first-order valence-corrected chi connectivity index (χ1v) is 13.3. The predicted octanol–water partition coefficient (Wildman–Crippen LogP) is 7.30. The zero-order valence-electron chi connectivity index (χ0n) is 22.2. The van der Waals surface area contributed by atoms with Gasteiger partial charge >= 0.3 is 0 Å². The van der Waals surface area contributed by atoms with Crippen LogP contribution >= 0.6 is 15.9 Å². The maximum absolute atomic E-state index is 13.9. The Kier molecular flexibility index (Phi) is 8.37. The Morgan fingerprint density at radius 2 is 1.61 bits per heavy atom. The van der Waals surface area contributed by atoms with Crippen LogP contribution in [-0.4, -0.2) is 17.6 Å². The molecular formula is C31H31BrN2O4. The van der Waals surface area contributed by atoms with Crippen LogP contribution in [0.15, 0.2) is 76.0 Å². The van der Waals surface area contributed by atoms with Gasteiger partial charge in [-0.05, 0) is 73.4 Å². The number of aromatic nitrogens is 1. The minimum atomic E-state index is -0.469. The summed E-state index contributed by atoms with van der Waals surface area (Å²) in [6.07, 6.45) is 1.35. The van der Waals surface area contributed by atoms with Crippen molar-refractivity contribution in [3.05, 3.63) is 104 Å². The summed E-state index contributed by atoms with van der Waals surface area (Å²) >= 11 is 3.51. The topological polar surface area (TPSA) is 69.6 Å². The Morgan fingerprint density at radius 1 is 0.947 bits per heavy atom. The molecule has 0 unspecified atom stereocenters. The van der Waals surface area contributed by atoms with Crippen molar-refractivity contribution in [1.82, 2.24) is 4.57 Å². The molecular weight excluding hydrogens is 544 g/mol. The van der Waals surface area contributed by atoms with Gasteiger partial charge < -0.3 is 19.4 Å². The van der Waals surface area contributed by atoms with Crippen LogP contribution in [0.5, 0.6) is 17.2 Å². The molecule has 0 fully saturated rings. The number of para-hydroxylation sites is 1. The molecule has 38 heavy (non-hydrogen) atoms. The molecule has 7 heteroatoms. The van der Waals surface area contributed by atoms with E-state index in [9.17, 15) is 9.59 Å². The van der Waals surface area contributed by atoms with Gasteiger partial charge in [-0.15, -0.1) is 0 Å². The fourth-order valence-corrected chi connectivity index (χ4v) is 4.89.